The molecule has 21 heavy (non-hydrogen) atoms. The molecule has 2 rings (SSSR count). The van der Waals surface area contributed by atoms with Crippen molar-refractivity contribution in [3.8, 4) is 0 Å². The summed E-state index contributed by atoms with van der Waals surface area (Å²) in [6.45, 7) is 0.847. The molecule has 2 aromatic rings. The highest BCUT2D eigenvalue weighted by atomic mass is 79.9. The number of thioether (sulfide) groups is 1. The Morgan fingerprint density at radius 2 is 1.67 bits per heavy atom. The van der Waals surface area contributed by atoms with E-state index < -0.39 is 9.84 Å². The Balaban J connectivity index is 1.80. The molecule has 3 nitrogen and oxygen atoms in total. The maximum Gasteiger partial charge on any atom is 0.175 e. The fourth-order valence-electron chi connectivity index (χ4n) is 1.72. The van der Waals surface area contributed by atoms with E-state index in [1.54, 1.807) is 23.9 Å². The number of rotatable bonds is 6. The van der Waals surface area contributed by atoms with Crippen LogP contribution in [0.2, 0.25) is 0 Å². The number of nitrogens with one attached hydrogen (secondary N) is 1. The second-order valence-electron chi connectivity index (χ2n) is 4.53. The molecule has 0 aliphatic carbocycles. The van der Waals surface area contributed by atoms with Gasteiger partial charge in [-0.15, -0.1) is 11.8 Å². The van der Waals surface area contributed by atoms with Crippen LogP contribution >= 0.6 is 27.7 Å². The normalized spacial score (nSPS) is 11.3. The Morgan fingerprint density at radius 1 is 1.05 bits per heavy atom. The second kappa shape index (κ2) is 7.33. The number of halogens is 1. The molecule has 0 unspecified atom stereocenters. The van der Waals surface area contributed by atoms with E-state index in [2.05, 4.69) is 21.2 Å². The molecule has 2 aromatic carbocycles. The maximum absolute atomic E-state index is 11.4. The van der Waals surface area contributed by atoms with Gasteiger partial charge in [0.15, 0.2) is 9.84 Å². The Bertz CT molecular complexity index is 683. The Kier molecular flexibility index (Phi) is 5.72. The van der Waals surface area contributed by atoms with Crippen molar-refractivity contribution in [3.63, 3.8) is 0 Å². The summed E-state index contributed by atoms with van der Waals surface area (Å²) in [5, 5.41) is 3.34. The highest BCUT2D eigenvalue weighted by Gasteiger charge is 2.05. The first-order valence-electron chi connectivity index (χ1n) is 6.37. The molecule has 0 heterocycles. The van der Waals surface area contributed by atoms with Gasteiger partial charge in [-0.3, -0.25) is 0 Å². The largest absolute Gasteiger partial charge is 0.384 e. The quantitative estimate of drug-likeness (QED) is 0.601. The van der Waals surface area contributed by atoms with Crippen LogP contribution in [0, 0.1) is 0 Å². The third-order valence-electron chi connectivity index (χ3n) is 2.80. The zero-order valence-corrected chi connectivity index (χ0v) is 14.8. The number of benzene rings is 2. The van der Waals surface area contributed by atoms with Gasteiger partial charge in [0.2, 0.25) is 0 Å². The first kappa shape index (κ1) is 16.4. The molecule has 6 heteroatoms. The Morgan fingerprint density at radius 3 is 2.24 bits per heavy atom. The Labute approximate surface area is 138 Å². The lowest BCUT2D eigenvalue weighted by Crippen LogP contribution is -2.03. The monoisotopic (exact) mass is 385 g/mol. The van der Waals surface area contributed by atoms with Crippen LogP contribution in [0.3, 0.4) is 0 Å². The summed E-state index contributed by atoms with van der Waals surface area (Å²) < 4.78 is 23.8. The molecule has 0 amide bonds. The summed E-state index contributed by atoms with van der Waals surface area (Å²) in [6.07, 6.45) is 1.22. The summed E-state index contributed by atoms with van der Waals surface area (Å²) in [6, 6.07) is 15.0. The number of sulfone groups is 1. The molecule has 0 aliphatic heterocycles. The molecular weight excluding hydrogens is 370 g/mol. The van der Waals surface area contributed by atoms with Crippen LogP contribution in [-0.4, -0.2) is 27.0 Å². The van der Waals surface area contributed by atoms with Gasteiger partial charge in [0, 0.05) is 33.6 Å². The molecule has 112 valence electrons. The van der Waals surface area contributed by atoms with Crippen molar-refractivity contribution >= 4 is 43.2 Å². The molecule has 0 spiro atoms. The molecule has 0 saturated heterocycles. The molecule has 0 aliphatic rings. The van der Waals surface area contributed by atoms with E-state index in [4.69, 9.17) is 0 Å². The lowest BCUT2D eigenvalue weighted by molar-refractivity contribution is 0.602. The van der Waals surface area contributed by atoms with Crippen molar-refractivity contribution in [2.45, 2.75) is 9.79 Å². The van der Waals surface area contributed by atoms with Crippen LogP contribution in [0.1, 0.15) is 0 Å². The summed E-state index contributed by atoms with van der Waals surface area (Å²) in [7, 11) is -3.11. The summed E-state index contributed by atoms with van der Waals surface area (Å²) in [4.78, 5) is 1.43. The molecule has 0 bridgehead atoms. The molecule has 1 N–H and O–H groups in total. The fourth-order valence-corrected chi connectivity index (χ4v) is 3.38. The third-order valence-corrected chi connectivity index (χ3v) is 5.47. The van der Waals surface area contributed by atoms with Crippen LogP contribution in [0.5, 0.6) is 0 Å². The SMILES string of the molecule is CS(=O)(=O)c1ccc(SCCNc2ccc(Br)cc2)cc1. The van der Waals surface area contributed by atoms with E-state index in [9.17, 15) is 8.42 Å². The van der Waals surface area contributed by atoms with Crippen molar-refractivity contribution in [1.29, 1.82) is 0 Å². The molecule has 0 atom stereocenters. The topological polar surface area (TPSA) is 46.2 Å². The van der Waals surface area contributed by atoms with Gasteiger partial charge in [-0.25, -0.2) is 8.42 Å². The average Bonchev–Trinajstić information content (AvgIpc) is 2.45. The zero-order valence-electron chi connectivity index (χ0n) is 11.5. The van der Waals surface area contributed by atoms with Crippen molar-refractivity contribution in [2.24, 2.45) is 0 Å². The molecule has 0 fully saturated rings. The van der Waals surface area contributed by atoms with Crippen LogP contribution in [0.25, 0.3) is 0 Å². The van der Waals surface area contributed by atoms with E-state index in [0.717, 1.165) is 27.4 Å². The molecule has 0 saturated carbocycles. The van der Waals surface area contributed by atoms with Crippen LogP contribution in [-0.2, 0) is 9.84 Å². The summed E-state index contributed by atoms with van der Waals surface area (Å²) in [5.41, 5.74) is 1.09. The van der Waals surface area contributed by atoms with Gasteiger partial charge in [-0.05, 0) is 48.5 Å². The van der Waals surface area contributed by atoms with Crippen molar-refractivity contribution < 1.29 is 8.42 Å². The highest BCUT2D eigenvalue weighted by molar-refractivity contribution is 9.10. The molecular formula is C15H16BrNO2S2. The van der Waals surface area contributed by atoms with Crippen molar-refractivity contribution in [2.75, 3.05) is 23.9 Å². The minimum absolute atomic E-state index is 0.361. The van der Waals surface area contributed by atoms with Crippen molar-refractivity contribution in [1.82, 2.24) is 0 Å². The van der Waals surface area contributed by atoms with E-state index in [0.29, 0.717) is 4.90 Å². The van der Waals surface area contributed by atoms with Gasteiger partial charge < -0.3 is 5.32 Å². The third kappa shape index (κ3) is 5.37. The smallest absolute Gasteiger partial charge is 0.175 e. The zero-order chi connectivity index (χ0) is 15.3. The predicted octanol–water partition coefficient (Wildman–Crippen LogP) is 4.06. The van der Waals surface area contributed by atoms with Gasteiger partial charge in [0.25, 0.3) is 0 Å². The van der Waals surface area contributed by atoms with Gasteiger partial charge in [0.05, 0.1) is 4.90 Å². The van der Waals surface area contributed by atoms with E-state index >= 15 is 0 Å². The average molecular weight is 386 g/mol. The van der Waals surface area contributed by atoms with E-state index in [1.165, 1.54) is 6.26 Å². The van der Waals surface area contributed by atoms with Gasteiger partial charge in [-0.1, -0.05) is 15.9 Å². The number of anilines is 1. The maximum atomic E-state index is 11.4. The fraction of sp³-hybridized carbons (Fsp3) is 0.200. The highest BCUT2D eigenvalue weighted by Crippen LogP contribution is 2.20. The van der Waals surface area contributed by atoms with Crippen LogP contribution < -0.4 is 5.32 Å². The van der Waals surface area contributed by atoms with Gasteiger partial charge in [0.1, 0.15) is 0 Å². The number of hydrogen-bond donors (Lipinski definition) is 1. The van der Waals surface area contributed by atoms with Crippen molar-refractivity contribution in [3.05, 3.63) is 53.0 Å². The molecule has 0 aromatic heterocycles. The lowest BCUT2D eigenvalue weighted by atomic mass is 10.3. The minimum atomic E-state index is -3.11. The minimum Gasteiger partial charge on any atom is -0.384 e. The summed E-state index contributed by atoms with van der Waals surface area (Å²) in [5.74, 6) is 0.911. The van der Waals surface area contributed by atoms with Gasteiger partial charge in [-0.2, -0.15) is 0 Å². The van der Waals surface area contributed by atoms with Crippen LogP contribution in [0.15, 0.2) is 62.8 Å². The molecule has 0 radical (unpaired) electrons. The second-order valence-corrected chi connectivity index (χ2v) is 8.63. The lowest BCUT2D eigenvalue weighted by Gasteiger charge is -2.07. The number of hydrogen-bond acceptors (Lipinski definition) is 4. The Hall–Kier alpha value is -0.980. The first-order chi connectivity index (χ1) is 9.95. The standard InChI is InChI=1S/C15H16BrNO2S2/c1-21(18,19)15-8-6-14(7-9-15)20-11-10-17-13-4-2-12(16)3-5-13/h2-9,17H,10-11H2,1H3. The van der Waals surface area contributed by atoms with E-state index in [-0.39, 0.29) is 0 Å². The van der Waals surface area contributed by atoms with Gasteiger partial charge >= 0.3 is 0 Å². The summed E-state index contributed by atoms with van der Waals surface area (Å²) >= 11 is 5.10. The first-order valence-corrected chi connectivity index (χ1v) is 10.0. The van der Waals surface area contributed by atoms with E-state index in [1.807, 2.05) is 36.4 Å². The predicted molar refractivity (Wildman–Crippen MR) is 92.9 cm³/mol. The van der Waals surface area contributed by atoms with Crippen LogP contribution in [0.4, 0.5) is 5.69 Å².